The van der Waals surface area contributed by atoms with Crippen LogP contribution in [0.4, 0.5) is 0 Å². The average Bonchev–Trinajstić information content (AvgIpc) is 2.86. The summed E-state index contributed by atoms with van der Waals surface area (Å²) in [6, 6.07) is 5.06. The van der Waals surface area contributed by atoms with Crippen LogP contribution in [-0.2, 0) is 6.42 Å². The number of hydrogen-bond acceptors (Lipinski definition) is 5. The predicted octanol–water partition coefficient (Wildman–Crippen LogP) is 2.76. The lowest BCUT2D eigenvalue weighted by molar-refractivity contribution is 0.854. The summed E-state index contributed by atoms with van der Waals surface area (Å²) < 4.78 is 1.49. The molecule has 102 valence electrons. The first-order valence-electron chi connectivity index (χ1n) is 6.12. The quantitative estimate of drug-likeness (QED) is 0.730. The van der Waals surface area contributed by atoms with Gasteiger partial charge in [0, 0.05) is 5.02 Å². The van der Waals surface area contributed by atoms with Crippen molar-refractivity contribution >= 4 is 33.8 Å². The van der Waals surface area contributed by atoms with Crippen molar-refractivity contribution in [1.29, 1.82) is 0 Å². The maximum Gasteiger partial charge on any atom is 0.267 e. The Bertz CT molecular complexity index is 855. The Morgan fingerprint density at radius 2 is 2.15 bits per heavy atom. The maximum absolute atomic E-state index is 12.6. The van der Waals surface area contributed by atoms with E-state index in [2.05, 4.69) is 15.2 Å². The fourth-order valence-corrected chi connectivity index (χ4v) is 2.96. The van der Waals surface area contributed by atoms with Crippen molar-refractivity contribution in [3.05, 3.63) is 44.4 Å². The van der Waals surface area contributed by atoms with Crippen molar-refractivity contribution in [2.75, 3.05) is 0 Å². The second-order valence-corrected chi connectivity index (χ2v) is 5.77. The van der Waals surface area contributed by atoms with Crippen LogP contribution in [0.25, 0.3) is 16.0 Å². The number of aromatic nitrogens is 4. The predicted molar refractivity (Wildman–Crippen MR) is 79.9 cm³/mol. The number of benzene rings is 1. The molecule has 0 aliphatic carbocycles. The van der Waals surface area contributed by atoms with E-state index in [9.17, 15) is 4.79 Å². The summed E-state index contributed by atoms with van der Waals surface area (Å²) in [7, 11) is 0. The van der Waals surface area contributed by atoms with E-state index in [-0.39, 0.29) is 5.56 Å². The molecule has 0 fully saturated rings. The van der Waals surface area contributed by atoms with Crippen LogP contribution in [0.5, 0.6) is 0 Å². The van der Waals surface area contributed by atoms with Crippen molar-refractivity contribution in [1.82, 2.24) is 19.7 Å². The van der Waals surface area contributed by atoms with Gasteiger partial charge < -0.3 is 0 Å². The lowest BCUT2D eigenvalue weighted by Gasteiger charge is -2.07. The number of aryl methyl sites for hydroxylation is 2. The molecule has 3 rings (SSSR count). The highest BCUT2D eigenvalue weighted by Gasteiger charge is 2.13. The van der Waals surface area contributed by atoms with Crippen LogP contribution in [0.1, 0.15) is 17.8 Å². The molecule has 0 aliphatic heterocycles. The highest BCUT2D eigenvalue weighted by Crippen LogP contribution is 2.19. The van der Waals surface area contributed by atoms with Gasteiger partial charge in [-0.15, -0.1) is 10.2 Å². The van der Waals surface area contributed by atoms with Crippen molar-refractivity contribution < 1.29 is 0 Å². The van der Waals surface area contributed by atoms with E-state index in [1.807, 2.05) is 6.92 Å². The Labute approximate surface area is 123 Å². The van der Waals surface area contributed by atoms with E-state index >= 15 is 0 Å². The smallest absolute Gasteiger partial charge is 0.267 e. The SMILES string of the molecule is CCc1nnc(-n2c(C)nc3cc(Cl)ccc3c2=O)s1. The van der Waals surface area contributed by atoms with Crippen molar-refractivity contribution in [2.24, 2.45) is 0 Å². The summed E-state index contributed by atoms with van der Waals surface area (Å²) >= 11 is 7.33. The summed E-state index contributed by atoms with van der Waals surface area (Å²) in [6.07, 6.45) is 0.794. The fraction of sp³-hybridized carbons (Fsp3) is 0.231. The molecule has 5 nitrogen and oxygen atoms in total. The third-order valence-corrected chi connectivity index (χ3v) is 4.24. The van der Waals surface area contributed by atoms with Gasteiger partial charge in [0.25, 0.3) is 5.56 Å². The van der Waals surface area contributed by atoms with Crippen LogP contribution in [0, 0.1) is 6.92 Å². The minimum Gasteiger partial charge on any atom is -0.268 e. The number of hydrogen-bond donors (Lipinski definition) is 0. The van der Waals surface area contributed by atoms with E-state index in [1.165, 1.54) is 15.9 Å². The van der Waals surface area contributed by atoms with Gasteiger partial charge in [-0.05, 0) is 31.5 Å². The zero-order chi connectivity index (χ0) is 14.3. The zero-order valence-corrected chi connectivity index (χ0v) is 12.5. The molecule has 2 aromatic heterocycles. The van der Waals surface area contributed by atoms with E-state index in [1.54, 1.807) is 25.1 Å². The van der Waals surface area contributed by atoms with Gasteiger partial charge in [-0.3, -0.25) is 4.79 Å². The minimum atomic E-state index is -0.150. The summed E-state index contributed by atoms with van der Waals surface area (Å²) in [5.74, 6) is 0.573. The second-order valence-electron chi connectivity index (χ2n) is 4.29. The Morgan fingerprint density at radius 3 is 2.85 bits per heavy atom. The van der Waals surface area contributed by atoms with Gasteiger partial charge in [-0.25, -0.2) is 9.55 Å². The molecule has 0 N–H and O–H groups in total. The Morgan fingerprint density at radius 1 is 1.35 bits per heavy atom. The minimum absolute atomic E-state index is 0.150. The van der Waals surface area contributed by atoms with Crippen LogP contribution in [0.2, 0.25) is 5.02 Å². The Kier molecular flexibility index (Phi) is 3.27. The standard InChI is InChI=1S/C13H11ClN4OS/c1-3-11-16-17-13(20-11)18-7(2)15-10-6-8(14)4-5-9(10)12(18)19/h4-6H,3H2,1-2H3. The van der Waals surface area contributed by atoms with Gasteiger partial charge in [-0.2, -0.15) is 0 Å². The third-order valence-electron chi connectivity index (χ3n) is 2.95. The monoisotopic (exact) mass is 306 g/mol. The molecule has 0 bridgehead atoms. The number of nitrogens with zero attached hydrogens (tertiary/aromatic N) is 4. The van der Waals surface area contributed by atoms with Gasteiger partial charge in [0.1, 0.15) is 10.8 Å². The van der Waals surface area contributed by atoms with Crippen molar-refractivity contribution in [3.63, 3.8) is 0 Å². The third kappa shape index (κ3) is 2.10. The molecule has 20 heavy (non-hydrogen) atoms. The highest BCUT2D eigenvalue weighted by molar-refractivity contribution is 7.13. The van der Waals surface area contributed by atoms with Gasteiger partial charge >= 0.3 is 0 Å². The molecule has 3 aromatic rings. The molecule has 0 atom stereocenters. The molecule has 0 spiro atoms. The highest BCUT2D eigenvalue weighted by atomic mass is 35.5. The zero-order valence-electron chi connectivity index (χ0n) is 10.9. The molecule has 7 heteroatoms. The van der Waals surface area contributed by atoms with Crippen LogP contribution >= 0.6 is 22.9 Å². The van der Waals surface area contributed by atoms with Crippen molar-refractivity contribution in [3.8, 4) is 5.13 Å². The molecule has 0 saturated carbocycles. The Hall–Kier alpha value is -1.79. The van der Waals surface area contributed by atoms with Crippen molar-refractivity contribution in [2.45, 2.75) is 20.3 Å². The summed E-state index contributed by atoms with van der Waals surface area (Å²) in [5, 5.41) is 10.6. The molecule has 2 heterocycles. The number of rotatable bonds is 2. The number of fused-ring (bicyclic) bond motifs is 1. The largest absolute Gasteiger partial charge is 0.268 e. The van der Waals surface area contributed by atoms with E-state index in [0.29, 0.717) is 26.9 Å². The molecule has 0 unspecified atom stereocenters. The second kappa shape index (κ2) is 4.96. The lowest BCUT2D eigenvalue weighted by Crippen LogP contribution is -2.22. The van der Waals surface area contributed by atoms with Gasteiger partial charge in [0.2, 0.25) is 5.13 Å². The fourth-order valence-electron chi connectivity index (χ4n) is 1.97. The summed E-state index contributed by atoms with van der Waals surface area (Å²) in [4.78, 5) is 17.0. The lowest BCUT2D eigenvalue weighted by atomic mass is 10.2. The molecule has 0 amide bonds. The topological polar surface area (TPSA) is 60.7 Å². The molecule has 0 aliphatic rings. The van der Waals surface area contributed by atoms with Gasteiger partial charge in [0.05, 0.1) is 10.9 Å². The van der Waals surface area contributed by atoms with E-state index in [0.717, 1.165) is 11.4 Å². The van der Waals surface area contributed by atoms with Crippen LogP contribution in [0.3, 0.4) is 0 Å². The first-order valence-corrected chi connectivity index (χ1v) is 7.31. The maximum atomic E-state index is 12.6. The summed E-state index contributed by atoms with van der Waals surface area (Å²) in [5.41, 5.74) is 0.444. The average molecular weight is 307 g/mol. The molecule has 1 aromatic carbocycles. The van der Waals surface area contributed by atoms with Gasteiger partial charge in [0.15, 0.2) is 0 Å². The summed E-state index contributed by atoms with van der Waals surface area (Å²) in [6.45, 7) is 3.77. The molecular weight excluding hydrogens is 296 g/mol. The first kappa shape index (κ1) is 13.2. The molecule has 0 radical (unpaired) electrons. The number of halogens is 1. The van der Waals surface area contributed by atoms with E-state index in [4.69, 9.17) is 11.6 Å². The van der Waals surface area contributed by atoms with Crippen LogP contribution in [-0.4, -0.2) is 19.7 Å². The van der Waals surface area contributed by atoms with Crippen LogP contribution < -0.4 is 5.56 Å². The molecule has 0 saturated heterocycles. The normalized spacial score (nSPS) is 11.2. The van der Waals surface area contributed by atoms with E-state index < -0.39 is 0 Å². The Balaban J connectivity index is 2.31. The van der Waals surface area contributed by atoms with Gasteiger partial charge in [-0.1, -0.05) is 29.9 Å². The first-order chi connectivity index (χ1) is 9.60. The van der Waals surface area contributed by atoms with Crippen LogP contribution in [0.15, 0.2) is 23.0 Å². The molecular formula is C13H11ClN4OS.